The van der Waals surface area contributed by atoms with Gasteiger partial charge in [-0.25, -0.2) is 0 Å². The van der Waals surface area contributed by atoms with Gasteiger partial charge in [0.25, 0.3) is 0 Å². The first-order valence-corrected chi connectivity index (χ1v) is 7.40. The quantitative estimate of drug-likeness (QED) is 0.826. The highest BCUT2D eigenvalue weighted by atomic mass is 16.5. The number of likely N-dealkylation sites (N-methyl/N-ethyl adjacent to an activating group) is 1. The average molecular weight is 295 g/mol. The Labute approximate surface area is 126 Å². The van der Waals surface area contributed by atoms with Gasteiger partial charge in [0.2, 0.25) is 0 Å². The van der Waals surface area contributed by atoms with Crippen LogP contribution in [0.2, 0.25) is 0 Å². The zero-order valence-corrected chi connectivity index (χ0v) is 13.0. The molecule has 5 nitrogen and oxygen atoms in total. The number of fused-ring (bicyclic) bond motifs is 1. The van der Waals surface area contributed by atoms with E-state index in [0.29, 0.717) is 5.75 Å². The molecule has 1 aromatic carbocycles. The fourth-order valence-electron chi connectivity index (χ4n) is 3.19. The average Bonchev–Trinajstić information content (AvgIpc) is 2.54. The molecule has 2 rings (SSSR count). The topological polar surface area (TPSA) is 62.2 Å². The molecule has 1 unspecified atom stereocenters. The van der Waals surface area contributed by atoms with E-state index in [1.165, 1.54) is 5.56 Å². The van der Waals surface area contributed by atoms with Crippen molar-refractivity contribution in [2.45, 2.75) is 19.4 Å². The van der Waals surface area contributed by atoms with Crippen molar-refractivity contribution in [1.82, 2.24) is 4.90 Å². The van der Waals surface area contributed by atoms with Crippen LogP contribution in [-0.2, 0) is 6.42 Å². The maximum atomic E-state index is 9.60. The van der Waals surface area contributed by atoms with Gasteiger partial charge in [-0.15, -0.1) is 0 Å². The van der Waals surface area contributed by atoms with E-state index in [9.17, 15) is 10.2 Å². The second-order valence-corrected chi connectivity index (χ2v) is 5.35. The summed E-state index contributed by atoms with van der Waals surface area (Å²) >= 11 is 0. The van der Waals surface area contributed by atoms with Crippen molar-refractivity contribution in [1.29, 1.82) is 0 Å². The molecule has 118 valence electrons. The van der Waals surface area contributed by atoms with E-state index in [1.807, 2.05) is 12.1 Å². The molecular weight excluding hydrogens is 270 g/mol. The number of rotatable bonds is 6. The number of methoxy groups -OCH3 is 2. The smallest absolute Gasteiger partial charge is 0.161 e. The molecule has 0 amide bonds. The molecule has 0 fully saturated rings. The molecule has 1 aliphatic rings. The Balaban J connectivity index is 2.50. The number of aliphatic hydroxyl groups excluding tert-OH is 2. The largest absolute Gasteiger partial charge is 0.493 e. The lowest BCUT2D eigenvalue weighted by Gasteiger charge is -2.40. The lowest BCUT2D eigenvalue weighted by molar-refractivity contribution is 0.0535. The van der Waals surface area contributed by atoms with Crippen LogP contribution in [0.5, 0.6) is 11.5 Å². The minimum Gasteiger partial charge on any atom is -0.493 e. The molecule has 0 saturated heterocycles. The van der Waals surface area contributed by atoms with Crippen molar-refractivity contribution in [3.8, 4) is 11.5 Å². The molecule has 0 aromatic heterocycles. The van der Waals surface area contributed by atoms with Crippen LogP contribution in [0.25, 0.3) is 0 Å². The highest BCUT2D eigenvalue weighted by molar-refractivity contribution is 5.49. The molecule has 2 N–H and O–H groups in total. The van der Waals surface area contributed by atoms with Crippen LogP contribution >= 0.6 is 0 Å². The van der Waals surface area contributed by atoms with E-state index in [4.69, 9.17) is 9.47 Å². The fraction of sp³-hybridized carbons (Fsp3) is 0.625. The number of nitrogens with zero attached hydrogens (tertiary/aromatic N) is 1. The van der Waals surface area contributed by atoms with Crippen molar-refractivity contribution in [2.24, 2.45) is 5.92 Å². The summed E-state index contributed by atoms with van der Waals surface area (Å²) in [4.78, 5) is 2.30. The van der Waals surface area contributed by atoms with Crippen LogP contribution in [0.15, 0.2) is 12.1 Å². The zero-order valence-electron chi connectivity index (χ0n) is 13.0. The number of hydrogen-bond donors (Lipinski definition) is 2. The van der Waals surface area contributed by atoms with Crippen LogP contribution < -0.4 is 9.47 Å². The molecule has 0 spiro atoms. The number of aliphatic hydroxyl groups is 2. The maximum absolute atomic E-state index is 9.60. The van der Waals surface area contributed by atoms with Gasteiger partial charge in [-0.3, -0.25) is 4.90 Å². The summed E-state index contributed by atoms with van der Waals surface area (Å²) in [6.45, 7) is 3.83. The van der Waals surface area contributed by atoms with Crippen LogP contribution in [0.3, 0.4) is 0 Å². The number of hydrogen-bond acceptors (Lipinski definition) is 5. The Bertz CT molecular complexity index is 474. The van der Waals surface area contributed by atoms with Crippen molar-refractivity contribution in [2.75, 3.05) is 40.5 Å². The van der Waals surface area contributed by atoms with Gasteiger partial charge in [0.05, 0.1) is 14.2 Å². The molecule has 0 aliphatic carbocycles. The lowest BCUT2D eigenvalue weighted by Crippen LogP contribution is -2.41. The normalized spacial score (nSPS) is 18.7. The molecular formula is C16H25NO4. The summed E-state index contributed by atoms with van der Waals surface area (Å²) in [5, 5.41) is 19.2. The highest BCUT2D eigenvalue weighted by Gasteiger charge is 2.33. The minimum atomic E-state index is -0.192. The maximum Gasteiger partial charge on any atom is 0.161 e. The van der Waals surface area contributed by atoms with E-state index in [0.717, 1.165) is 30.8 Å². The number of benzene rings is 1. The first kappa shape index (κ1) is 16.1. The molecule has 0 bridgehead atoms. The molecule has 0 saturated carbocycles. The Hall–Kier alpha value is -1.30. The van der Waals surface area contributed by atoms with Gasteiger partial charge in [0.1, 0.15) is 0 Å². The molecule has 1 aromatic rings. The highest BCUT2D eigenvalue weighted by Crippen LogP contribution is 2.40. The predicted molar refractivity (Wildman–Crippen MR) is 80.9 cm³/mol. The summed E-state index contributed by atoms with van der Waals surface area (Å²) in [7, 11) is 3.25. The monoisotopic (exact) mass is 295 g/mol. The summed E-state index contributed by atoms with van der Waals surface area (Å²) in [5.74, 6) is 1.22. The van der Waals surface area contributed by atoms with Crippen molar-refractivity contribution < 1.29 is 19.7 Å². The lowest BCUT2D eigenvalue weighted by atomic mass is 9.85. The van der Waals surface area contributed by atoms with Gasteiger partial charge in [-0.1, -0.05) is 6.92 Å². The van der Waals surface area contributed by atoms with E-state index < -0.39 is 0 Å². The van der Waals surface area contributed by atoms with Crippen molar-refractivity contribution in [3.05, 3.63) is 23.3 Å². The summed E-state index contributed by atoms with van der Waals surface area (Å²) < 4.78 is 10.8. The summed E-state index contributed by atoms with van der Waals surface area (Å²) in [6.07, 6.45) is 0.934. The summed E-state index contributed by atoms with van der Waals surface area (Å²) in [5.41, 5.74) is 2.32. The second-order valence-electron chi connectivity index (χ2n) is 5.35. The molecule has 5 heteroatoms. The molecule has 0 radical (unpaired) electrons. The standard InChI is InChI=1S/C16H25NO4/c1-4-17-6-5-11-7-14(20-2)15(21-3)8-13(11)16(17)12(9-18)10-19/h7-8,12,16,18-19H,4-6,9-10H2,1-3H3. The third kappa shape index (κ3) is 3.00. The third-order valence-electron chi connectivity index (χ3n) is 4.35. The van der Waals surface area contributed by atoms with E-state index in [2.05, 4.69) is 11.8 Å². The molecule has 1 aliphatic heterocycles. The van der Waals surface area contributed by atoms with Crippen LogP contribution in [0, 0.1) is 5.92 Å². The van der Waals surface area contributed by atoms with Crippen LogP contribution in [0.4, 0.5) is 0 Å². The Morgan fingerprint density at radius 1 is 1.19 bits per heavy atom. The van der Waals surface area contributed by atoms with Gasteiger partial charge in [0, 0.05) is 31.7 Å². The van der Waals surface area contributed by atoms with Crippen molar-refractivity contribution >= 4 is 0 Å². The van der Waals surface area contributed by atoms with Crippen molar-refractivity contribution in [3.63, 3.8) is 0 Å². The van der Waals surface area contributed by atoms with Crippen LogP contribution in [0.1, 0.15) is 24.1 Å². The van der Waals surface area contributed by atoms with E-state index in [-0.39, 0.29) is 25.2 Å². The molecule has 1 atom stereocenters. The first-order chi connectivity index (χ1) is 10.2. The summed E-state index contributed by atoms with van der Waals surface area (Å²) in [6, 6.07) is 4.01. The Morgan fingerprint density at radius 2 is 1.81 bits per heavy atom. The predicted octanol–water partition coefficient (Wildman–Crippen LogP) is 1.22. The van der Waals surface area contributed by atoms with Gasteiger partial charge in [0.15, 0.2) is 11.5 Å². The van der Waals surface area contributed by atoms with Gasteiger partial charge >= 0.3 is 0 Å². The van der Waals surface area contributed by atoms with Gasteiger partial charge in [-0.05, 0) is 36.2 Å². The fourth-order valence-corrected chi connectivity index (χ4v) is 3.19. The first-order valence-electron chi connectivity index (χ1n) is 7.40. The SMILES string of the molecule is CCN1CCc2cc(OC)c(OC)cc2C1C(CO)CO. The molecule has 21 heavy (non-hydrogen) atoms. The van der Waals surface area contributed by atoms with E-state index >= 15 is 0 Å². The molecule has 1 heterocycles. The van der Waals surface area contributed by atoms with E-state index in [1.54, 1.807) is 14.2 Å². The van der Waals surface area contributed by atoms with Gasteiger partial charge < -0.3 is 19.7 Å². The Morgan fingerprint density at radius 3 is 2.33 bits per heavy atom. The van der Waals surface area contributed by atoms with Gasteiger partial charge in [-0.2, -0.15) is 0 Å². The third-order valence-corrected chi connectivity index (χ3v) is 4.35. The number of ether oxygens (including phenoxy) is 2. The zero-order chi connectivity index (χ0) is 15.4. The van der Waals surface area contributed by atoms with Crippen LogP contribution in [-0.4, -0.2) is 55.6 Å². The second kappa shape index (κ2) is 7.11. The minimum absolute atomic E-state index is 0.00792. The Kier molecular flexibility index (Phi) is 5.45.